The molecule has 0 unspecified atom stereocenters. The van der Waals surface area contributed by atoms with Gasteiger partial charge in [0, 0.05) is 24.0 Å². The van der Waals surface area contributed by atoms with Gasteiger partial charge in [-0.2, -0.15) is 0 Å². The van der Waals surface area contributed by atoms with E-state index in [0.717, 1.165) is 53.2 Å². The van der Waals surface area contributed by atoms with Gasteiger partial charge in [-0.15, -0.1) is 0 Å². The molecule has 0 aliphatic carbocycles. The summed E-state index contributed by atoms with van der Waals surface area (Å²) in [5.41, 5.74) is 7.93. The van der Waals surface area contributed by atoms with Crippen LogP contribution < -0.4 is 4.74 Å². The summed E-state index contributed by atoms with van der Waals surface area (Å²) in [6.45, 7) is 7.20. The number of nitrogens with zero attached hydrogens (tertiary/aromatic N) is 2. The fraction of sp³-hybridized carbons (Fsp3) is 0.278. The van der Waals surface area contributed by atoms with E-state index in [4.69, 9.17) is 4.74 Å². The van der Waals surface area contributed by atoms with Crippen molar-refractivity contribution in [2.75, 3.05) is 26.2 Å². The van der Waals surface area contributed by atoms with Crippen LogP contribution in [-0.4, -0.2) is 45.9 Å². The van der Waals surface area contributed by atoms with Crippen LogP contribution in [0.25, 0.3) is 33.3 Å². The average Bonchev–Trinajstić information content (AvgIpc) is 3.27. The highest BCUT2D eigenvalue weighted by atomic mass is 16.5. The Hall–Kier alpha value is -4.22. The van der Waals surface area contributed by atoms with Crippen molar-refractivity contribution in [3.8, 4) is 39.6 Å². The molecule has 0 radical (unpaired) electrons. The zero-order valence-corrected chi connectivity index (χ0v) is 23.7. The van der Waals surface area contributed by atoms with Crippen molar-refractivity contribution >= 4 is 10.9 Å². The van der Waals surface area contributed by atoms with Gasteiger partial charge in [0.25, 0.3) is 0 Å². The summed E-state index contributed by atoms with van der Waals surface area (Å²) in [4.78, 5) is 2.55. The Labute approximate surface area is 242 Å². The average molecular weight is 547 g/mol. The van der Waals surface area contributed by atoms with Crippen molar-refractivity contribution in [2.24, 2.45) is 0 Å². The second-order valence-electron chi connectivity index (χ2n) is 11.1. The molecular weight excluding hydrogens is 508 g/mol. The number of hydrogen-bond acceptors (Lipinski definition) is 4. The van der Waals surface area contributed by atoms with Crippen LogP contribution in [-0.2, 0) is 6.54 Å². The molecule has 0 bridgehead atoms. The summed E-state index contributed by atoms with van der Waals surface area (Å²) >= 11 is 0. The molecule has 0 saturated carbocycles. The number of aromatic nitrogens is 1. The lowest BCUT2D eigenvalue weighted by Gasteiger charge is -2.26. The van der Waals surface area contributed by atoms with E-state index >= 15 is 0 Å². The molecule has 4 aromatic carbocycles. The van der Waals surface area contributed by atoms with Gasteiger partial charge >= 0.3 is 0 Å². The molecule has 1 fully saturated rings. The highest BCUT2D eigenvalue weighted by molar-refractivity contribution is 5.94. The molecule has 1 aromatic heterocycles. The predicted octanol–water partition coefficient (Wildman–Crippen LogP) is 8.00. The standard InChI is InChI=1S/C36H38N2O3/c1-26-34-24-30(28-8-13-31(39)14-9-28)12-19-35(34)38(36(26)29-10-15-32(40)16-11-29)25-27-6-17-33(18-7-27)41-23-5-22-37-20-3-2-4-21-37/h6-19,24,39-40H,2-5,20-23,25H2,1H3. The number of likely N-dealkylation sites (tertiary alicyclic amines) is 1. The van der Waals surface area contributed by atoms with Gasteiger partial charge in [0.05, 0.1) is 12.3 Å². The van der Waals surface area contributed by atoms with E-state index in [1.165, 1.54) is 48.9 Å². The second kappa shape index (κ2) is 12.1. The predicted molar refractivity (Wildman–Crippen MR) is 167 cm³/mol. The molecule has 1 aliphatic heterocycles. The molecule has 0 amide bonds. The second-order valence-corrected chi connectivity index (χ2v) is 11.1. The van der Waals surface area contributed by atoms with Crippen LogP contribution in [0.4, 0.5) is 0 Å². The molecule has 0 spiro atoms. The number of aryl methyl sites for hydroxylation is 1. The van der Waals surface area contributed by atoms with Crippen molar-refractivity contribution in [1.29, 1.82) is 0 Å². The Morgan fingerprint density at radius 1 is 0.707 bits per heavy atom. The summed E-state index contributed by atoms with van der Waals surface area (Å²) in [5.74, 6) is 1.44. The highest BCUT2D eigenvalue weighted by Gasteiger charge is 2.17. The Kier molecular flexibility index (Phi) is 7.97. The number of ether oxygens (including phenoxy) is 1. The number of phenolic OH excluding ortho intramolecular Hbond substituents is 2. The lowest BCUT2D eigenvalue weighted by atomic mass is 10.0. The maximum atomic E-state index is 9.93. The van der Waals surface area contributed by atoms with Crippen molar-refractivity contribution in [3.63, 3.8) is 0 Å². The summed E-state index contributed by atoms with van der Waals surface area (Å²) in [6.07, 6.45) is 5.08. The summed E-state index contributed by atoms with van der Waals surface area (Å²) in [7, 11) is 0. The Morgan fingerprint density at radius 2 is 1.34 bits per heavy atom. The fourth-order valence-corrected chi connectivity index (χ4v) is 6.05. The normalized spacial score (nSPS) is 14.0. The summed E-state index contributed by atoms with van der Waals surface area (Å²) in [5, 5.41) is 20.9. The molecule has 0 atom stereocenters. The van der Waals surface area contributed by atoms with E-state index in [-0.39, 0.29) is 11.5 Å². The Balaban J connectivity index is 1.25. The van der Waals surface area contributed by atoms with Gasteiger partial charge in [-0.1, -0.05) is 36.8 Å². The molecule has 210 valence electrons. The molecule has 1 saturated heterocycles. The quantitative estimate of drug-likeness (QED) is 0.184. The van der Waals surface area contributed by atoms with E-state index < -0.39 is 0 Å². The lowest BCUT2D eigenvalue weighted by Crippen LogP contribution is -2.31. The third-order valence-corrected chi connectivity index (χ3v) is 8.26. The minimum Gasteiger partial charge on any atom is -0.508 e. The first-order valence-electron chi connectivity index (χ1n) is 14.7. The zero-order chi connectivity index (χ0) is 28.2. The van der Waals surface area contributed by atoms with Gasteiger partial charge in [0.1, 0.15) is 17.2 Å². The maximum absolute atomic E-state index is 9.93. The van der Waals surface area contributed by atoms with Crippen molar-refractivity contribution in [3.05, 3.63) is 102 Å². The van der Waals surface area contributed by atoms with E-state index in [2.05, 4.69) is 58.9 Å². The van der Waals surface area contributed by atoms with Gasteiger partial charge in [0.2, 0.25) is 0 Å². The maximum Gasteiger partial charge on any atom is 0.119 e. The number of fused-ring (bicyclic) bond motifs is 1. The summed E-state index contributed by atoms with van der Waals surface area (Å²) in [6, 6.07) is 29.8. The number of hydrogen-bond donors (Lipinski definition) is 2. The number of piperidine rings is 1. The van der Waals surface area contributed by atoms with Crippen LogP contribution in [0.5, 0.6) is 17.2 Å². The van der Waals surface area contributed by atoms with Gasteiger partial charge < -0.3 is 24.4 Å². The van der Waals surface area contributed by atoms with Crippen LogP contribution in [0.3, 0.4) is 0 Å². The first kappa shape index (κ1) is 27.0. The topological polar surface area (TPSA) is 57.9 Å². The molecule has 2 N–H and O–H groups in total. The van der Waals surface area contributed by atoms with Crippen LogP contribution in [0.2, 0.25) is 0 Å². The first-order valence-corrected chi connectivity index (χ1v) is 14.7. The highest BCUT2D eigenvalue weighted by Crippen LogP contribution is 2.37. The van der Waals surface area contributed by atoms with Crippen LogP contribution in [0.15, 0.2) is 91.0 Å². The number of aromatic hydroxyl groups is 2. The monoisotopic (exact) mass is 546 g/mol. The van der Waals surface area contributed by atoms with E-state index in [0.29, 0.717) is 6.54 Å². The molecule has 5 heteroatoms. The van der Waals surface area contributed by atoms with Crippen molar-refractivity contribution < 1.29 is 14.9 Å². The molecule has 1 aliphatic rings. The van der Waals surface area contributed by atoms with Crippen LogP contribution in [0.1, 0.15) is 36.8 Å². The van der Waals surface area contributed by atoms with Crippen LogP contribution in [0, 0.1) is 6.92 Å². The largest absolute Gasteiger partial charge is 0.508 e. The first-order chi connectivity index (χ1) is 20.0. The number of rotatable bonds is 9. The Morgan fingerprint density at radius 3 is 2.02 bits per heavy atom. The third-order valence-electron chi connectivity index (χ3n) is 8.26. The van der Waals surface area contributed by atoms with E-state index in [1.54, 1.807) is 24.3 Å². The van der Waals surface area contributed by atoms with E-state index in [1.807, 2.05) is 24.3 Å². The fourth-order valence-electron chi connectivity index (χ4n) is 6.05. The van der Waals surface area contributed by atoms with Gasteiger partial charge in [-0.3, -0.25) is 0 Å². The van der Waals surface area contributed by atoms with Crippen LogP contribution >= 0.6 is 0 Å². The summed E-state index contributed by atoms with van der Waals surface area (Å²) < 4.78 is 8.44. The molecule has 41 heavy (non-hydrogen) atoms. The molecule has 5 aromatic rings. The molecule has 6 rings (SSSR count). The Bertz CT molecular complexity index is 1600. The molecular formula is C36H38N2O3. The SMILES string of the molecule is Cc1c(-c2ccc(O)cc2)n(Cc2ccc(OCCCN3CCCCC3)cc2)c2ccc(-c3ccc(O)cc3)cc12. The number of benzene rings is 4. The van der Waals surface area contributed by atoms with Gasteiger partial charge in [0.15, 0.2) is 0 Å². The molecule has 5 nitrogen and oxygen atoms in total. The van der Waals surface area contributed by atoms with Gasteiger partial charge in [-0.05, 0) is 128 Å². The third kappa shape index (κ3) is 6.10. The van der Waals surface area contributed by atoms with E-state index in [9.17, 15) is 10.2 Å². The zero-order valence-electron chi connectivity index (χ0n) is 23.7. The van der Waals surface area contributed by atoms with Crippen molar-refractivity contribution in [2.45, 2.75) is 39.2 Å². The van der Waals surface area contributed by atoms with Crippen molar-refractivity contribution in [1.82, 2.24) is 9.47 Å². The van der Waals surface area contributed by atoms with Gasteiger partial charge in [-0.25, -0.2) is 0 Å². The minimum absolute atomic E-state index is 0.259. The number of phenols is 2. The smallest absolute Gasteiger partial charge is 0.119 e. The minimum atomic E-state index is 0.259. The lowest BCUT2D eigenvalue weighted by molar-refractivity contribution is 0.205. The molecule has 2 heterocycles.